The Bertz CT molecular complexity index is 444. The summed E-state index contributed by atoms with van der Waals surface area (Å²) in [5, 5.41) is 6.81. The highest BCUT2D eigenvalue weighted by molar-refractivity contribution is 7.18. The minimum Gasteiger partial charge on any atom is -0.382 e. The molecule has 1 aromatic heterocycles. The number of rotatable bonds is 7. The number of nitrogens with two attached hydrogens (primary N) is 1. The van der Waals surface area contributed by atoms with E-state index in [9.17, 15) is 4.79 Å². The molecule has 4 N–H and O–H groups in total. The molecule has 0 bridgehead atoms. The highest BCUT2D eigenvalue weighted by Gasteiger charge is 2.18. The number of nitrogens with one attached hydrogen (secondary N) is 2. The summed E-state index contributed by atoms with van der Waals surface area (Å²) in [7, 11) is 3.94. The van der Waals surface area contributed by atoms with Crippen LogP contribution in [0.5, 0.6) is 0 Å². The number of hydrogen-bond donors (Lipinski definition) is 3. The number of nitrogens with zero attached hydrogens (tertiary/aromatic N) is 2. The zero-order valence-corrected chi connectivity index (χ0v) is 13.7. The summed E-state index contributed by atoms with van der Waals surface area (Å²) < 4.78 is 0. The van der Waals surface area contributed by atoms with Crippen LogP contribution in [0.1, 0.15) is 30.4 Å². The SMILES string of the molecule is CC(C)CNc1nc(N)c(C(=O)NC(C)CN(C)C)s1. The molecule has 1 rings (SSSR count). The lowest BCUT2D eigenvalue weighted by Gasteiger charge is -2.17. The second-order valence-corrected chi connectivity index (χ2v) is 6.64. The van der Waals surface area contributed by atoms with Crippen molar-refractivity contribution in [2.75, 3.05) is 38.2 Å². The Morgan fingerprint density at radius 3 is 2.60 bits per heavy atom. The summed E-state index contributed by atoms with van der Waals surface area (Å²) >= 11 is 1.30. The molecule has 1 heterocycles. The molecule has 0 aromatic carbocycles. The normalized spacial score (nSPS) is 12.8. The fourth-order valence-corrected chi connectivity index (χ4v) is 2.54. The topological polar surface area (TPSA) is 83.3 Å². The van der Waals surface area contributed by atoms with E-state index in [4.69, 9.17) is 5.73 Å². The smallest absolute Gasteiger partial charge is 0.265 e. The maximum Gasteiger partial charge on any atom is 0.265 e. The molecule has 7 heteroatoms. The number of likely N-dealkylation sites (N-methyl/N-ethyl adjacent to an activating group) is 1. The van der Waals surface area contributed by atoms with E-state index in [1.54, 1.807) is 0 Å². The van der Waals surface area contributed by atoms with Crippen molar-refractivity contribution in [1.82, 2.24) is 15.2 Å². The van der Waals surface area contributed by atoms with Gasteiger partial charge < -0.3 is 21.3 Å². The van der Waals surface area contributed by atoms with Gasteiger partial charge in [0.1, 0.15) is 10.7 Å². The molecule has 1 atom stereocenters. The van der Waals surface area contributed by atoms with Crippen LogP contribution in [0.3, 0.4) is 0 Å². The van der Waals surface area contributed by atoms with Crippen molar-refractivity contribution in [2.24, 2.45) is 5.92 Å². The summed E-state index contributed by atoms with van der Waals surface area (Å²) in [6, 6.07) is 0.0612. The van der Waals surface area contributed by atoms with E-state index >= 15 is 0 Å². The third-order valence-electron chi connectivity index (χ3n) is 2.54. The van der Waals surface area contributed by atoms with E-state index in [1.165, 1.54) is 11.3 Å². The molecule has 0 radical (unpaired) electrons. The molecule has 0 aliphatic heterocycles. The second-order valence-electron chi connectivity index (χ2n) is 5.64. The number of hydrogen-bond acceptors (Lipinski definition) is 6. The average Bonchev–Trinajstić information content (AvgIpc) is 2.66. The molecule has 0 saturated carbocycles. The molecule has 1 aromatic rings. The van der Waals surface area contributed by atoms with Crippen molar-refractivity contribution in [3.63, 3.8) is 0 Å². The van der Waals surface area contributed by atoms with E-state index in [0.717, 1.165) is 13.1 Å². The van der Waals surface area contributed by atoms with E-state index in [-0.39, 0.29) is 17.8 Å². The lowest BCUT2D eigenvalue weighted by atomic mass is 10.2. The maximum atomic E-state index is 12.1. The number of nitrogen functional groups attached to an aromatic ring is 1. The van der Waals surface area contributed by atoms with E-state index < -0.39 is 0 Å². The number of thiazole rings is 1. The van der Waals surface area contributed by atoms with Gasteiger partial charge in [-0.2, -0.15) is 0 Å². The first-order valence-electron chi connectivity index (χ1n) is 6.75. The van der Waals surface area contributed by atoms with Crippen LogP contribution in [-0.2, 0) is 0 Å². The van der Waals surface area contributed by atoms with Crippen LogP contribution < -0.4 is 16.4 Å². The largest absolute Gasteiger partial charge is 0.382 e. The molecular formula is C13H25N5OS. The van der Waals surface area contributed by atoms with Gasteiger partial charge in [0, 0.05) is 19.1 Å². The molecule has 114 valence electrons. The molecule has 1 amide bonds. The number of aromatic nitrogens is 1. The van der Waals surface area contributed by atoms with Gasteiger partial charge in [-0.15, -0.1) is 0 Å². The lowest BCUT2D eigenvalue weighted by Crippen LogP contribution is -2.39. The number of carbonyl (C=O) groups is 1. The Balaban J connectivity index is 2.64. The molecule has 0 aliphatic rings. The zero-order chi connectivity index (χ0) is 15.3. The van der Waals surface area contributed by atoms with Gasteiger partial charge in [-0.1, -0.05) is 25.2 Å². The first-order valence-corrected chi connectivity index (χ1v) is 7.57. The van der Waals surface area contributed by atoms with Gasteiger partial charge in [0.15, 0.2) is 5.13 Å². The van der Waals surface area contributed by atoms with Gasteiger partial charge >= 0.3 is 0 Å². The second kappa shape index (κ2) is 7.44. The fourth-order valence-electron chi connectivity index (χ4n) is 1.74. The lowest BCUT2D eigenvalue weighted by molar-refractivity contribution is 0.0939. The van der Waals surface area contributed by atoms with Crippen molar-refractivity contribution in [1.29, 1.82) is 0 Å². The molecule has 0 saturated heterocycles. The third kappa shape index (κ3) is 5.34. The molecule has 0 spiro atoms. The Morgan fingerprint density at radius 1 is 1.40 bits per heavy atom. The van der Waals surface area contributed by atoms with Crippen LogP contribution in [0.15, 0.2) is 0 Å². The quantitative estimate of drug-likeness (QED) is 0.710. The number of amides is 1. The molecule has 6 nitrogen and oxygen atoms in total. The molecule has 0 fully saturated rings. The highest BCUT2D eigenvalue weighted by Crippen LogP contribution is 2.25. The number of carbonyl (C=O) groups excluding carboxylic acids is 1. The minimum absolute atomic E-state index is 0.0612. The van der Waals surface area contributed by atoms with E-state index in [1.807, 2.05) is 25.9 Å². The highest BCUT2D eigenvalue weighted by atomic mass is 32.1. The summed E-state index contributed by atoms with van der Waals surface area (Å²) in [5.74, 6) is 0.639. The van der Waals surface area contributed by atoms with Crippen LogP contribution in [0.2, 0.25) is 0 Å². The third-order valence-corrected chi connectivity index (χ3v) is 3.57. The molecule has 1 unspecified atom stereocenters. The summed E-state index contributed by atoms with van der Waals surface area (Å²) in [5.41, 5.74) is 5.81. The van der Waals surface area contributed by atoms with Crippen molar-refractivity contribution in [3.8, 4) is 0 Å². The van der Waals surface area contributed by atoms with Crippen LogP contribution in [0, 0.1) is 5.92 Å². The standard InChI is InChI=1S/C13H25N5OS/c1-8(2)6-15-13-17-11(14)10(20-13)12(19)16-9(3)7-18(4)5/h8-9H,6-7,14H2,1-5H3,(H,15,17)(H,16,19). The van der Waals surface area contributed by atoms with Gasteiger partial charge in [-0.3, -0.25) is 4.79 Å². The van der Waals surface area contributed by atoms with Crippen molar-refractivity contribution < 1.29 is 4.79 Å². The minimum atomic E-state index is -0.160. The van der Waals surface area contributed by atoms with E-state index in [2.05, 4.69) is 29.5 Å². The van der Waals surface area contributed by atoms with Crippen molar-refractivity contribution in [2.45, 2.75) is 26.8 Å². The summed E-state index contributed by atoms with van der Waals surface area (Å²) in [4.78, 5) is 18.8. The molecular weight excluding hydrogens is 274 g/mol. The zero-order valence-electron chi connectivity index (χ0n) is 12.9. The van der Waals surface area contributed by atoms with Crippen LogP contribution >= 0.6 is 11.3 Å². The Hall–Kier alpha value is -1.34. The van der Waals surface area contributed by atoms with Gasteiger partial charge in [0.25, 0.3) is 5.91 Å². The van der Waals surface area contributed by atoms with Crippen molar-refractivity contribution in [3.05, 3.63) is 4.88 Å². The maximum absolute atomic E-state index is 12.1. The van der Waals surface area contributed by atoms with Gasteiger partial charge in [0.2, 0.25) is 0 Å². The predicted octanol–water partition coefficient (Wildman–Crippen LogP) is 1.47. The average molecular weight is 299 g/mol. The molecule has 0 aliphatic carbocycles. The van der Waals surface area contributed by atoms with Gasteiger partial charge in [-0.05, 0) is 26.9 Å². The first-order chi connectivity index (χ1) is 9.29. The van der Waals surface area contributed by atoms with Crippen molar-refractivity contribution >= 4 is 28.2 Å². The fraction of sp³-hybridized carbons (Fsp3) is 0.692. The number of anilines is 2. The monoisotopic (exact) mass is 299 g/mol. The Morgan fingerprint density at radius 2 is 2.05 bits per heavy atom. The van der Waals surface area contributed by atoms with Crippen LogP contribution in [0.25, 0.3) is 0 Å². The summed E-state index contributed by atoms with van der Waals surface area (Å²) in [6.45, 7) is 7.78. The first kappa shape index (κ1) is 16.7. The van der Waals surface area contributed by atoms with Crippen LogP contribution in [0.4, 0.5) is 10.9 Å². The van der Waals surface area contributed by atoms with Gasteiger partial charge in [0.05, 0.1) is 0 Å². The van der Waals surface area contributed by atoms with Gasteiger partial charge in [-0.25, -0.2) is 4.98 Å². The summed E-state index contributed by atoms with van der Waals surface area (Å²) in [6.07, 6.45) is 0. The predicted molar refractivity (Wildman–Crippen MR) is 85.3 cm³/mol. The Kier molecular flexibility index (Phi) is 6.22. The Labute approximate surface area is 124 Å². The van der Waals surface area contributed by atoms with E-state index in [0.29, 0.717) is 15.9 Å². The van der Waals surface area contributed by atoms with Crippen LogP contribution in [-0.4, -0.2) is 49.0 Å². The molecule has 20 heavy (non-hydrogen) atoms.